The summed E-state index contributed by atoms with van der Waals surface area (Å²) in [5, 5.41) is 0. The highest BCUT2D eigenvalue weighted by Crippen LogP contribution is 2.21. The number of nitrogens with zero attached hydrogens (tertiary/aromatic N) is 2. The molecule has 0 amide bonds. The molecule has 0 aromatic carbocycles. The Hall–Kier alpha value is -1.27. The summed E-state index contributed by atoms with van der Waals surface area (Å²) in [7, 11) is 0. The molecule has 1 aromatic heterocycles. The molecule has 17 heavy (non-hydrogen) atoms. The Labute approximate surface area is 98.4 Å². The smallest absolute Gasteiger partial charge is 0.168 e. The van der Waals surface area contributed by atoms with Crippen molar-refractivity contribution in [3.63, 3.8) is 0 Å². The number of morpholine rings is 1. The summed E-state index contributed by atoms with van der Waals surface area (Å²) in [6.07, 6.45) is 0.810. The van der Waals surface area contributed by atoms with Crippen molar-refractivity contribution >= 4 is 5.82 Å². The molecule has 1 aromatic rings. The van der Waals surface area contributed by atoms with E-state index in [2.05, 4.69) is 4.98 Å². The van der Waals surface area contributed by atoms with Gasteiger partial charge < -0.3 is 15.4 Å². The van der Waals surface area contributed by atoms with Crippen molar-refractivity contribution in [2.24, 2.45) is 5.73 Å². The fourth-order valence-electron chi connectivity index (χ4n) is 1.99. The van der Waals surface area contributed by atoms with Gasteiger partial charge in [-0.2, -0.15) is 0 Å². The lowest BCUT2D eigenvalue weighted by Gasteiger charge is -2.37. The van der Waals surface area contributed by atoms with Crippen LogP contribution in [0.3, 0.4) is 0 Å². The summed E-state index contributed by atoms with van der Waals surface area (Å²) in [6, 6.07) is 0.833. The molecule has 1 fully saturated rings. The van der Waals surface area contributed by atoms with Crippen LogP contribution in [-0.2, 0) is 4.74 Å². The zero-order chi connectivity index (χ0) is 12.4. The van der Waals surface area contributed by atoms with E-state index < -0.39 is 11.6 Å². The normalized spacial score (nSPS) is 25.1. The van der Waals surface area contributed by atoms with E-state index in [1.165, 1.54) is 0 Å². The second-order valence-corrected chi connectivity index (χ2v) is 4.17. The first-order chi connectivity index (χ1) is 8.10. The number of halogens is 2. The second kappa shape index (κ2) is 4.93. The summed E-state index contributed by atoms with van der Waals surface area (Å²) in [4.78, 5) is 5.52. The van der Waals surface area contributed by atoms with Crippen molar-refractivity contribution in [1.29, 1.82) is 0 Å². The van der Waals surface area contributed by atoms with Crippen molar-refractivity contribution in [3.8, 4) is 0 Å². The van der Waals surface area contributed by atoms with Crippen LogP contribution in [0, 0.1) is 11.6 Å². The van der Waals surface area contributed by atoms with Gasteiger partial charge in [-0.05, 0) is 6.92 Å². The molecule has 2 rings (SSSR count). The maximum Gasteiger partial charge on any atom is 0.168 e. The average Bonchev–Trinajstić information content (AvgIpc) is 2.28. The Kier molecular flexibility index (Phi) is 3.54. The predicted octanol–water partition coefficient (Wildman–Crippen LogP) is 0.912. The van der Waals surface area contributed by atoms with Crippen LogP contribution in [0.25, 0.3) is 0 Å². The molecule has 4 nitrogen and oxygen atoms in total. The van der Waals surface area contributed by atoms with E-state index in [0.29, 0.717) is 19.6 Å². The minimum absolute atomic E-state index is 0.0523. The molecule has 1 saturated heterocycles. The molecule has 2 unspecified atom stereocenters. The van der Waals surface area contributed by atoms with Gasteiger partial charge in [0.05, 0.1) is 18.4 Å². The third-order valence-electron chi connectivity index (χ3n) is 2.68. The first-order valence-electron chi connectivity index (χ1n) is 5.51. The van der Waals surface area contributed by atoms with Crippen LogP contribution in [0.2, 0.25) is 0 Å². The molecule has 94 valence electrons. The van der Waals surface area contributed by atoms with Crippen LogP contribution in [0.5, 0.6) is 0 Å². The van der Waals surface area contributed by atoms with Gasteiger partial charge in [0.1, 0.15) is 5.82 Å². The van der Waals surface area contributed by atoms with Gasteiger partial charge in [-0.25, -0.2) is 13.8 Å². The topological polar surface area (TPSA) is 51.4 Å². The third kappa shape index (κ3) is 2.70. The molecule has 2 N–H and O–H groups in total. The van der Waals surface area contributed by atoms with Gasteiger partial charge in [0.25, 0.3) is 0 Å². The van der Waals surface area contributed by atoms with Gasteiger partial charge in [-0.15, -0.1) is 0 Å². The summed E-state index contributed by atoms with van der Waals surface area (Å²) >= 11 is 0. The molecule has 0 saturated carbocycles. The van der Waals surface area contributed by atoms with Crippen LogP contribution in [0.1, 0.15) is 6.92 Å². The summed E-state index contributed by atoms with van der Waals surface area (Å²) in [5.41, 5.74) is 5.54. The maximum absolute atomic E-state index is 13.6. The van der Waals surface area contributed by atoms with Gasteiger partial charge in [-0.3, -0.25) is 0 Å². The molecule has 1 aliphatic rings. The number of pyridine rings is 1. The highest BCUT2D eigenvalue weighted by molar-refractivity contribution is 5.40. The fourth-order valence-corrected chi connectivity index (χ4v) is 1.99. The van der Waals surface area contributed by atoms with E-state index in [1.54, 1.807) is 4.90 Å². The first kappa shape index (κ1) is 12.2. The van der Waals surface area contributed by atoms with Crippen molar-refractivity contribution in [3.05, 3.63) is 23.9 Å². The third-order valence-corrected chi connectivity index (χ3v) is 2.68. The van der Waals surface area contributed by atoms with Gasteiger partial charge >= 0.3 is 0 Å². The largest absolute Gasteiger partial charge is 0.370 e. The minimum Gasteiger partial charge on any atom is -0.370 e. The quantitative estimate of drug-likeness (QED) is 0.839. The van der Waals surface area contributed by atoms with Crippen molar-refractivity contribution in [2.75, 3.05) is 24.5 Å². The van der Waals surface area contributed by atoms with Crippen molar-refractivity contribution < 1.29 is 13.5 Å². The van der Waals surface area contributed by atoms with Crippen LogP contribution < -0.4 is 10.6 Å². The second-order valence-electron chi connectivity index (χ2n) is 4.17. The van der Waals surface area contributed by atoms with Gasteiger partial charge in [0.2, 0.25) is 0 Å². The molecule has 0 bridgehead atoms. The first-order valence-corrected chi connectivity index (χ1v) is 5.51. The number of hydrogen-bond acceptors (Lipinski definition) is 4. The van der Waals surface area contributed by atoms with Gasteiger partial charge in [-0.1, -0.05) is 0 Å². The van der Waals surface area contributed by atoms with E-state index in [0.717, 1.165) is 12.3 Å². The van der Waals surface area contributed by atoms with E-state index in [-0.39, 0.29) is 18.0 Å². The SMILES string of the molecule is CC1CN(c2ncc(F)cc2F)CC(CN)O1. The Morgan fingerprint density at radius 2 is 2.29 bits per heavy atom. The van der Waals surface area contributed by atoms with E-state index in [4.69, 9.17) is 10.5 Å². The lowest BCUT2D eigenvalue weighted by atomic mass is 10.2. The number of aromatic nitrogens is 1. The molecular weight excluding hydrogens is 228 g/mol. The highest BCUT2D eigenvalue weighted by Gasteiger charge is 2.26. The van der Waals surface area contributed by atoms with Crippen LogP contribution in [-0.4, -0.2) is 36.8 Å². The zero-order valence-electron chi connectivity index (χ0n) is 9.57. The summed E-state index contributed by atoms with van der Waals surface area (Å²) < 4.78 is 31.9. The van der Waals surface area contributed by atoms with E-state index >= 15 is 0 Å². The molecule has 0 radical (unpaired) electrons. The Bertz CT molecular complexity index is 402. The lowest BCUT2D eigenvalue weighted by molar-refractivity contribution is -0.0109. The Morgan fingerprint density at radius 3 is 2.94 bits per heavy atom. The van der Waals surface area contributed by atoms with Crippen LogP contribution in [0.15, 0.2) is 12.3 Å². The van der Waals surface area contributed by atoms with Gasteiger partial charge in [0, 0.05) is 25.7 Å². The standard InChI is InChI=1S/C11H15F2N3O/c1-7-5-16(6-9(3-14)17-7)11-10(13)2-8(12)4-15-11/h2,4,7,9H,3,5-6,14H2,1H3. The molecular formula is C11H15F2N3O. The molecule has 6 heteroatoms. The highest BCUT2D eigenvalue weighted by atomic mass is 19.1. The number of anilines is 1. The zero-order valence-corrected chi connectivity index (χ0v) is 9.57. The van der Waals surface area contributed by atoms with Gasteiger partial charge in [0.15, 0.2) is 11.6 Å². The Morgan fingerprint density at radius 1 is 1.53 bits per heavy atom. The number of hydrogen-bond donors (Lipinski definition) is 1. The average molecular weight is 243 g/mol. The molecule has 2 heterocycles. The van der Waals surface area contributed by atoms with Crippen molar-refractivity contribution in [2.45, 2.75) is 19.1 Å². The maximum atomic E-state index is 13.6. The fraction of sp³-hybridized carbons (Fsp3) is 0.545. The Balaban J connectivity index is 2.20. The monoisotopic (exact) mass is 243 g/mol. The van der Waals surface area contributed by atoms with Crippen molar-refractivity contribution in [1.82, 2.24) is 4.98 Å². The minimum atomic E-state index is -0.678. The molecule has 0 spiro atoms. The van der Waals surface area contributed by atoms with Crippen LogP contribution in [0.4, 0.5) is 14.6 Å². The van der Waals surface area contributed by atoms with Crippen LogP contribution >= 0.6 is 0 Å². The predicted molar refractivity (Wildman–Crippen MR) is 59.8 cm³/mol. The van der Waals surface area contributed by atoms with E-state index in [1.807, 2.05) is 6.92 Å². The lowest BCUT2D eigenvalue weighted by Crippen LogP contribution is -2.49. The van der Waals surface area contributed by atoms with E-state index in [9.17, 15) is 8.78 Å². The summed E-state index contributed by atoms with van der Waals surface area (Å²) in [5.74, 6) is -1.18. The molecule has 2 atom stereocenters. The number of rotatable bonds is 2. The molecule has 1 aliphatic heterocycles. The number of nitrogens with two attached hydrogens (primary N) is 1. The molecule has 0 aliphatic carbocycles. The summed E-state index contributed by atoms with van der Waals surface area (Å²) in [6.45, 7) is 3.24. The number of ether oxygens (including phenoxy) is 1.